The second-order valence-corrected chi connectivity index (χ2v) is 7.62. The zero-order valence-corrected chi connectivity index (χ0v) is 16.0. The minimum absolute atomic E-state index is 0.141. The quantitative estimate of drug-likeness (QED) is 0.769. The van der Waals surface area contributed by atoms with Gasteiger partial charge in [0.1, 0.15) is 5.01 Å². The highest BCUT2D eigenvalue weighted by atomic mass is 32.1. The predicted molar refractivity (Wildman–Crippen MR) is 103 cm³/mol. The largest absolute Gasteiger partial charge is 0.339 e. The van der Waals surface area contributed by atoms with Gasteiger partial charge in [0.15, 0.2) is 0 Å². The molecule has 0 radical (unpaired) electrons. The van der Waals surface area contributed by atoms with Gasteiger partial charge in [0.25, 0.3) is 0 Å². The van der Waals surface area contributed by atoms with Gasteiger partial charge >= 0.3 is 0 Å². The average molecular weight is 372 g/mol. The molecule has 1 unspecified atom stereocenters. The zero-order valence-electron chi connectivity index (χ0n) is 15.1. The maximum atomic E-state index is 12.4. The Labute approximate surface area is 157 Å². The van der Waals surface area contributed by atoms with Crippen LogP contribution in [0.3, 0.4) is 0 Å². The number of aromatic nitrogens is 2. The van der Waals surface area contributed by atoms with Crippen molar-refractivity contribution in [1.82, 2.24) is 15.1 Å². The van der Waals surface area contributed by atoms with Gasteiger partial charge in [-0.05, 0) is 26.2 Å². The van der Waals surface area contributed by atoms with E-state index in [-0.39, 0.29) is 30.2 Å². The third-order valence-electron chi connectivity index (χ3n) is 4.60. The molecule has 1 aliphatic carbocycles. The van der Waals surface area contributed by atoms with Gasteiger partial charge in [0.05, 0.1) is 0 Å². The Morgan fingerprint density at radius 1 is 1.27 bits per heavy atom. The Morgan fingerprint density at radius 2 is 2.00 bits per heavy atom. The highest BCUT2D eigenvalue weighted by Gasteiger charge is 2.34. The van der Waals surface area contributed by atoms with E-state index < -0.39 is 0 Å². The van der Waals surface area contributed by atoms with Crippen LogP contribution in [0.5, 0.6) is 0 Å². The summed E-state index contributed by atoms with van der Waals surface area (Å²) in [5, 5.41) is 12.2. The summed E-state index contributed by atoms with van der Waals surface area (Å²) in [6, 6.07) is 9.89. The fourth-order valence-corrected chi connectivity index (χ4v) is 3.47. The first-order valence-electron chi connectivity index (χ1n) is 9.07. The number of nitrogens with zero attached hydrogens (tertiary/aromatic N) is 3. The van der Waals surface area contributed by atoms with E-state index >= 15 is 0 Å². The lowest BCUT2D eigenvalue weighted by Crippen LogP contribution is -2.41. The van der Waals surface area contributed by atoms with Crippen LogP contribution in [-0.2, 0) is 9.59 Å². The Balaban J connectivity index is 1.55. The van der Waals surface area contributed by atoms with Crippen LogP contribution < -0.4 is 5.32 Å². The first-order chi connectivity index (χ1) is 12.6. The summed E-state index contributed by atoms with van der Waals surface area (Å²) in [4.78, 5) is 26.5. The molecule has 1 atom stereocenters. The minimum atomic E-state index is -0.141. The average Bonchev–Trinajstić information content (AvgIpc) is 3.41. The molecule has 1 saturated carbocycles. The normalized spacial score (nSPS) is 14.7. The van der Waals surface area contributed by atoms with Gasteiger partial charge in [-0.25, -0.2) is 0 Å². The molecule has 1 aromatic carbocycles. The van der Waals surface area contributed by atoms with Crippen molar-refractivity contribution in [2.24, 2.45) is 5.92 Å². The Hall–Kier alpha value is -2.28. The number of anilines is 1. The standard InChI is InChI=1S/C19H24N4O2S/c1-3-13(2)23(18(25)15-9-10-15)12-11-16(24)20-19-22-21-17(26-19)14-7-5-4-6-8-14/h4-8,13,15H,3,9-12H2,1-2H3,(H,20,22,24). The second-order valence-electron chi connectivity index (χ2n) is 6.64. The van der Waals surface area contributed by atoms with Gasteiger partial charge in [0.2, 0.25) is 16.9 Å². The van der Waals surface area contributed by atoms with Crippen LogP contribution >= 0.6 is 11.3 Å². The predicted octanol–water partition coefficient (Wildman–Crippen LogP) is 3.57. The van der Waals surface area contributed by atoms with Crippen molar-refractivity contribution in [3.05, 3.63) is 30.3 Å². The molecule has 0 aliphatic heterocycles. The molecular weight excluding hydrogens is 348 g/mol. The van der Waals surface area contributed by atoms with Crippen molar-refractivity contribution in [3.63, 3.8) is 0 Å². The molecule has 0 spiro atoms. The van der Waals surface area contributed by atoms with E-state index in [1.54, 1.807) is 0 Å². The van der Waals surface area contributed by atoms with Crippen molar-refractivity contribution >= 4 is 28.3 Å². The van der Waals surface area contributed by atoms with Gasteiger partial charge < -0.3 is 10.2 Å². The van der Waals surface area contributed by atoms with Gasteiger partial charge in [-0.1, -0.05) is 48.6 Å². The Kier molecular flexibility index (Phi) is 5.98. The third kappa shape index (κ3) is 4.66. The van der Waals surface area contributed by atoms with Crippen LogP contribution in [0, 0.1) is 5.92 Å². The molecule has 7 heteroatoms. The van der Waals surface area contributed by atoms with Crippen molar-refractivity contribution in [1.29, 1.82) is 0 Å². The number of amides is 2. The van der Waals surface area contributed by atoms with Crippen LogP contribution in [0.15, 0.2) is 30.3 Å². The summed E-state index contributed by atoms with van der Waals surface area (Å²) < 4.78 is 0. The fourth-order valence-electron chi connectivity index (χ4n) is 2.71. The number of hydrogen-bond acceptors (Lipinski definition) is 5. The summed E-state index contributed by atoms with van der Waals surface area (Å²) >= 11 is 1.35. The topological polar surface area (TPSA) is 75.2 Å². The van der Waals surface area contributed by atoms with Crippen LogP contribution in [0.1, 0.15) is 39.5 Å². The summed E-state index contributed by atoms with van der Waals surface area (Å²) in [5.41, 5.74) is 0.975. The number of rotatable bonds is 8. The molecule has 0 bridgehead atoms. The van der Waals surface area contributed by atoms with Crippen molar-refractivity contribution in [2.45, 2.75) is 45.6 Å². The third-order valence-corrected chi connectivity index (χ3v) is 5.49. The van der Waals surface area contributed by atoms with E-state index in [0.29, 0.717) is 11.7 Å². The van der Waals surface area contributed by atoms with E-state index in [1.807, 2.05) is 42.2 Å². The summed E-state index contributed by atoms with van der Waals surface area (Å²) in [7, 11) is 0. The number of hydrogen-bond donors (Lipinski definition) is 1. The van der Waals surface area contributed by atoms with Crippen molar-refractivity contribution < 1.29 is 9.59 Å². The highest BCUT2D eigenvalue weighted by Crippen LogP contribution is 2.32. The van der Waals surface area contributed by atoms with Gasteiger partial charge in [0, 0.05) is 30.5 Å². The molecule has 0 saturated heterocycles. The number of nitrogens with one attached hydrogen (secondary N) is 1. The van der Waals surface area contributed by atoms with Crippen LogP contribution in [0.2, 0.25) is 0 Å². The zero-order chi connectivity index (χ0) is 18.5. The summed E-state index contributed by atoms with van der Waals surface area (Å²) in [6.07, 6.45) is 3.11. The van der Waals surface area contributed by atoms with E-state index in [2.05, 4.69) is 22.4 Å². The fraction of sp³-hybridized carbons (Fsp3) is 0.474. The summed E-state index contributed by atoms with van der Waals surface area (Å²) in [6.45, 7) is 4.54. The van der Waals surface area contributed by atoms with Crippen LogP contribution in [0.25, 0.3) is 10.6 Å². The molecule has 6 nitrogen and oxygen atoms in total. The lowest BCUT2D eigenvalue weighted by atomic mass is 10.2. The van der Waals surface area contributed by atoms with Crippen LogP contribution in [-0.4, -0.2) is 39.5 Å². The molecule has 2 amide bonds. The monoisotopic (exact) mass is 372 g/mol. The lowest BCUT2D eigenvalue weighted by molar-refractivity contribution is -0.135. The minimum Gasteiger partial charge on any atom is -0.339 e. The molecule has 2 aromatic rings. The van der Waals surface area contributed by atoms with Gasteiger partial charge in [-0.2, -0.15) is 0 Å². The number of benzene rings is 1. The molecule has 1 aliphatic rings. The number of carbonyl (C=O) groups excluding carboxylic acids is 2. The molecule has 26 heavy (non-hydrogen) atoms. The second kappa shape index (κ2) is 8.40. The molecule has 1 fully saturated rings. The van der Waals surface area contributed by atoms with E-state index in [4.69, 9.17) is 0 Å². The van der Waals surface area contributed by atoms with Crippen LogP contribution in [0.4, 0.5) is 5.13 Å². The molecular formula is C19H24N4O2S. The molecule has 138 valence electrons. The van der Waals surface area contributed by atoms with Gasteiger partial charge in [-0.15, -0.1) is 10.2 Å². The van der Waals surface area contributed by atoms with Crippen molar-refractivity contribution in [3.8, 4) is 10.6 Å². The SMILES string of the molecule is CCC(C)N(CCC(=O)Nc1nnc(-c2ccccc2)s1)C(=O)C1CC1. The first-order valence-corrected chi connectivity index (χ1v) is 9.89. The molecule has 1 aromatic heterocycles. The molecule has 1 heterocycles. The van der Waals surface area contributed by atoms with Gasteiger partial charge in [-0.3, -0.25) is 9.59 Å². The Bertz CT molecular complexity index is 758. The first kappa shape index (κ1) is 18.5. The van der Waals surface area contributed by atoms with E-state index in [0.717, 1.165) is 29.8 Å². The smallest absolute Gasteiger partial charge is 0.227 e. The molecule has 1 N–H and O–H groups in total. The molecule has 3 rings (SSSR count). The van der Waals surface area contributed by atoms with E-state index in [9.17, 15) is 9.59 Å². The summed E-state index contributed by atoms with van der Waals surface area (Å²) in [5.74, 6) is 0.218. The highest BCUT2D eigenvalue weighted by molar-refractivity contribution is 7.18. The maximum Gasteiger partial charge on any atom is 0.227 e. The lowest BCUT2D eigenvalue weighted by Gasteiger charge is -2.28. The Morgan fingerprint density at radius 3 is 2.65 bits per heavy atom. The van der Waals surface area contributed by atoms with Crippen molar-refractivity contribution in [2.75, 3.05) is 11.9 Å². The number of carbonyl (C=O) groups is 2. The maximum absolute atomic E-state index is 12.4. The van der Waals surface area contributed by atoms with E-state index in [1.165, 1.54) is 11.3 Å².